The number of esters is 1. The summed E-state index contributed by atoms with van der Waals surface area (Å²) in [6.07, 6.45) is 5.20. The Bertz CT molecular complexity index is 1940. The van der Waals surface area contributed by atoms with Gasteiger partial charge in [-0.2, -0.15) is 18.2 Å². The second kappa shape index (κ2) is 19.5. The summed E-state index contributed by atoms with van der Waals surface area (Å²) in [6, 6.07) is 14.7. The summed E-state index contributed by atoms with van der Waals surface area (Å²) < 4.78 is 44.2. The Morgan fingerprint density at radius 3 is 2.25 bits per heavy atom. The molecule has 0 unspecified atom stereocenters. The molecule has 55 heavy (non-hydrogen) atoms. The summed E-state index contributed by atoms with van der Waals surface area (Å²) in [5.74, 6) is -0.266. The van der Waals surface area contributed by atoms with Crippen LogP contribution in [0, 0.1) is 0 Å². The predicted molar refractivity (Wildman–Crippen MR) is 217 cm³/mol. The van der Waals surface area contributed by atoms with Gasteiger partial charge in [0.2, 0.25) is 0 Å². The number of methoxy groups -OCH3 is 1. The molecule has 2 aromatic heterocycles. The molecular formula is C40H57F3N8O3S. The number of nitrogens with zero attached hydrogens (tertiary/aromatic N) is 3. The van der Waals surface area contributed by atoms with Crippen molar-refractivity contribution in [2.24, 2.45) is 22.2 Å². The molecule has 4 rings (SSSR count). The Balaban J connectivity index is 0.000000332. The zero-order chi connectivity index (χ0) is 41.1. The van der Waals surface area contributed by atoms with Gasteiger partial charge in [-0.25, -0.2) is 4.79 Å². The topological polar surface area (TPSA) is 179 Å². The van der Waals surface area contributed by atoms with E-state index in [0.29, 0.717) is 30.8 Å². The largest absolute Gasteiger partial charge is 0.469 e. The monoisotopic (exact) mass is 786 g/mol. The summed E-state index contributed by atoms with van der Waals surface area (Å²) in [4.78, 5) is 36.3. The van der Waals surface area contributed by atoms with Crippen molar-refractivity contribution in [1.82, 2.24) is 19.9 Å². The molecule has 0 aliphatic rings. The number of nitrogens with one attached hydrogen (secondary N) is 2. The predicted octanol–water partition coefficient (Wildman–Crippen LogP) is 7.13. The van der Waals surface area contributed by atoms with Gasteiger partial charge in [0.15, 0.2) is 5.96 Å². The van der Waals surface area contributed by atoms with Crippen molar-refractivity contribution < 1.29 is 22.7 Å². The van der Waals surface area contributed by atoms with Crippen LogP contribution >= 0.6 is 11.8 Å². The van der Waals surface area contributed by atoms with E-state index in [0.717, 1.165) is 47.0 Å². The fourth-order valence-corrected chi connectivity index (χ4v) is 6.29. The molecule has 0 saturated heterocycles. The zero-order valence-corrected chi connectivity index (χ0v) is 34.0. The third-order valence-corrected chi connectivity index (χ3v) is 9.40. The van der Waals surface area contributed by atoms with E-state index >= 15 is 0 Å². The first kappa shape index (κ1) is 45.1. The third-order valence-electron chi connectivity index (χ3n) is 8.70. The van der Waals surface area contributed by atoms with Gasteiger partial charge >= 0.3 is 17.2 Å². The van der Waals surface area contributed by atoms with Gasteiger partial charge in [-0.15, -0.1) is 0 Å². The summed E-state index contributed by atoms with van der Waals surface area (Å²) in [6.45, 7) is 15.4. The molecule has 0 fully saturated rings. The molecule has 0 amide bonds. The number of H-pyrrole nitrogens is 1. The molecule has 0 radical (unpaired) electrons. The number of ether oxygens (including phenoxy) is 1. The van der Waals surface area contributed by atoms with Gasteiger partial charge in [0.25, 0.3) is 0 Å². The van der Waals surface area contributed by atoms with Crippen molar-refractivity contribution in [2.45, 2.75) is 114 Å². The number of fused-ring (bicyclic) bond motifs is 1. The molecule has 0 aliphatic heterocycles. The minimum Gasteiger partial charge on any atom is -0.469 e. The number of aryl methyl sites for hydroxylation is 1. The fraction of sp³-hybridized carbons (Fsp3) is 0.500. The lowest BCUT2D eigenvalue weighted by molar-refractivity contribution is -0.141. The van der Waals surface area contributed by atoms with Gasteiger partial charge in [-0.3, -0.25) is 14.4 Å². The van der Waals surface area contributed by atoms with Crippen molar-refractivity contribution in [3.05, 3.63) is 87.6 Å². The molecule has 0 aliphatic carbocycles. The lowest BCUT2D eigenvalue weighted by Gasteiger charge is -2.21. The number of carbonyl (C=O) groups excluding carboxylic acids is 1. The molecule has 302 valence electrons. The smallest absolute Gasteiger partial charge is 0.446 e. The number of aromatic nitrogens is 3. The number of aromatic amines is 1. The summed E-state index contributed by atoms with van der Waals surface area (Å²) in [5, 5.41) is 4.21. The minimum absolute atomic E-state index is 0.0397. The van der Waals surface area contributed by atoms with Crippen molar-refractivity contribution in [3.63, 3.8) is 0 Å². The van der Waals surface area contributed by atoms with Crippen molar-refractivity contribution in [1.29, 1.82) is 0 Å². The van der Waals surface area contributed by atoms with E-state index in [2.05, 4.69) is 41.0 Å². The normalized spacial score (nSPS) is 13.2. The molecule has 15 heteroatoms. The number of guanidine groups is 1. The van der Waals surface area contributed by atoms with E-state index in [-0.39, 0.29) is 63.6 Å². The number of benzene rings is 2. The highest BCUT2D eigenvalue weighted by atomic mass is 32.2. The standard InChI is InChI=1S/C24H33N7O3.C16H24F3NS/c1-24(2,3)19-12-16-14-31(23(33)30-21(16)29-19)17-8-6-15(7-9-17)18(13-20(32)34-4)27-10-5-11-28-22(25)26;1-11(20)6-5-7-12-8-13(15(2,3)4)10-14(9-12)21-16(17,18)19/h6-9,12,14,18,27H,5,10-11,13H2,1-4H3,(H4,25,26,28)(H,29,30,33);8-11H,5-7,20H2,1-4H3/t18-;11-/m00/s1. The van der Waals surface area contributed by atoms with Crippen LogP contribution in [-0.2, 0) is 26.8 Å². The SMILES string of the molecule is COC(=O)C[C@H](NCCCN=C(N)N)c1ccc(-n2cc3cc(C(C)(C)C)[nH]c3nc2=O)cc1.C[C@H](N)CCCc1cc(SC(F)(F)F)cc(C(C)(C)C)c1. The van der Waals surface area contributed by atoms with Crippen LogP contribution in [0.4, 0.5) is 13.2 Å². The molecule has 11 nitrogen and oxygen atoms in total. The van der Waals surface area contributed by atoms with Gasteiger partial charge in [0.05, 0.1) is 19.2 Å². The minimum atomic E-state index is -4.25. The molecular weight excluding hydrogens is 730 g/mol. The number of hydrogen-bond acceptors (Lipinski definition) is 8. The average molecular weight is 787 g/mol. The van der Waals surface area contributed by atoms with Crippen molar-refractivity contribution >= 4 is 34.7 Å². The lowest BCUT2D eigenvalue weighted by atomic mass is 9.85. The van der Waals surface area contributed by atoms with E-state index in [4.69, 9.17) is 21.9 Å². The number of hydrogen-bond donors (Lipinski definition) is 5. The molecule has 2 heterocycles. The van der Waals surface area contributed by atoms with E-state index < -0.39 is 5.51 Å². The van der Waals surface area contributed by atoms with E-state index in [1.165, 1.54) is 11.7 Å². The summed E-state index contributed by atoms with van der Waals surface area (Å²) in [5.41, 5.74) is 16.6. The maximum absolute atomic E-state index is 12.7. The van der Waals surface area contributed by atoms with Crippen LogP contribution in [0.25, 0.3) is 16.7 Å². The fourth-order valence-electron chi connectivity index (χ4n) is 5.63. The average Bonchev–Trinajstić information content (AvgIpc) is 3.50. The summed E-state index contributed by atoms with van der Waals surface area (Å²) >= 11 is -0.0397. The molecule has 4 aromatic rings. The number of rotatable bonds is 14. The second-order valence-electron chi connectivity index (χ2n) is 15.7. The number of aliphatic imine (C=N–C) groups is 1. The van der Waals surface area contributed by atoms with Crippen molar-refractivity contribution in [3.8, 4) is 5.69 Å². The quantitative estimate of drug-likeness (QED) is 0.0292. The van der Waals surface area contributed by atoms with Crippen LogP contribution in [0.3, 0.4) is 0 Å². The Morgan fingerprint density at radius 2 is 1.69 bits per heavy atom. The van der Waals surface area contributed by atoms with E-state index in [9.17, 15) is 22.8 Å². The first-order chi connectivity index (χ1) is 25.5. The first-order valence-corrected chi connectivity index (χ1v) is 19.1. The Morgan fingerprint density at radius 1 is 1.02 bits per heavy atom. The first-order valence-electron chi connectivity index (χ1n) is 18.3. The number of nitrogens with two attached hydrogens (primary N) is 3. The maximum Gasteiger partial charge on any atom is 0.446 e. The number of alkyl halides is 3. The lowest BCUT2D eigenvalue weighted by Crippen LogP contribution is -2.27. The van der Waals surface area contributed by atoms with Gasteiger partial charge in [-0.1, -0.05) is 59.7 Å². The number of thioether (sulfide) groups is 1. The van der Waals surface area contributed by atoms with Gasteiger partial charge in [0.1, 0.15) is 5.65 Å². The highest BCUT2D eigenvalue weighted by molar-refractivity contribution is 8.00. The molecule has 0 bridgehead atoms. The zero-order valence-electron chi connectivity index (χ0n) is 33.1. The second-order valence-corrected chi connectivity index (χ2v) is 16.8. The highest BCUT2D eigenvalue weighted by Crippen LogP contribution is 2.39. The molecule has 2 aromatic carbocycles. The number of halogens is 3. The van der Waals surface area contributed by atoms with Gasteiger partial charge < -0.3 is 32.2 Å². The maximum atomic E-state index is 12.7. The molecule has 8 N–H and O–H groups in total. The Labute approximate surface area is 326 Å². The Hall–Kier alpha value is -4.34. The van der Waals surface area contributed by atoms with Crippen LogP contribution in [0.5, 0.6) is 0 Å². The van der Waals surface area contributed by atoms with Gasteiger partial charge in [0, 0.05) is 46.2 Å². The van der Waals surface area contributed by atoms with Crippen LogP contribution < -0.4 is 28.2 Å². The molecule has 0 saturated carbocycles. The van der Waals surface area contributed by atoms with Crippen LogP contribution in [0.2, 0.25) is 0 Å². The van der Waals surface area contributed by atoms with Gasteiger partial charge in [-0.05, 0) is 103 Å². The summed E-state index contributed by atoms with van der Waals surface area (Å²) in [7, 11) is 1.36. The van der Waals surface area contributed by atoms with Crippen LogP contribution in [0.15, 0.2) is 69.4 Å². The Kier molecular flexibility index (Phi) is 16.0. The molecule has 2 atom stereocenters. The highest BCUT2D eigenvalue weighted by Gasteiger charge is 2.30. The number of carbonyl (C=O) groups is 1. The third kappa shape index (κ3) is 15.0. The van der Waals surface area contributed by atoms with E-state index in [1.807, 2.05) is 64.1 Å². The molecule has 0 spiro atoms. The van der Waals surface area contributed by atoms with Crippen molar-refractivity contribution in [2.75, 3.05) is 20.2 Å². The van der Waals surface area contributed by atoms with Crippen LogP contribution in [0.1, 0.15) is 103 Å². The van der Waals surface area contributed by atoms with E-state index in [1.54, 1.807) is 18.3 Å². The van der Waals surface area contributed by atoms with Crippen LogP contribution in [-0.4, -0.2) is 58.2 Å².